The van der Waals surface area contributed by atoms with E-state index >= 15 is 0 Å². The molecule has 1 aromatic heterocycles. The molecule has 0 bridgehead atoms. The molecule has 36 heavy (non-hydrogen) atoms. The summed E-state index contributed by atoms with van der Waals surface area (Å²) < 4.78 is 37.9. The van der Waals surface area contributed by atoms with E-state index in [4.69, 9.17) is 18.3 Å². The lowest BCUT2D eigenvalue weighted by Gasteiger charge is -2.35. The lowest BCUT2D eigenvalue weighted by atomic mass is 9.99. The second-order valence-corrected chi connectivity index (χ2v) is 15.6. The highest BCUT2D eigenvalue weighted by Crippen LogP contribution is 2.37. The van der Waals surface area contributed by atoms with Crippen LogP contribution in [0.4, 0.5) is 4.39 Å². The molecular formula is C29H39FO5Si. The standard InChI is InChI=1S/C29H39FO5Si/c1-9-32-27(31)13-11-21-10-12-26(20(3)19(21)2)33-17-23-15-24(30)14-22-16-25(35-28(22)23)18-34-36(7,8)29(4,5)6/h10,12,14-16H,9,11,13,17-18H2,1-8H3. The fourth-order valence-electron chi connectivity index (χ4n) is 3.79. The van der Waals surface area contributed by atoms with Gasteiger partial charge in [0.15, 0.2) is 8.32 Å². The second-order valence-electron chi connectivity index (χ2n) is 10.8. The van der Waals surface area contributed by atoms with Gasteiger partial charge in [-0.2, -0.15) is 0 Å². The van der Waals surface area contributed by atoms with Crippen molar-refractivity contribution < 1.29 is 27.5 Å². The van der Waals surface area contributed by atoms with Crippen LogP contribution in [0, 0.1) is 19.7 Å². The van der Waals surface area contributed by atoms with E-state index < -0.39 is 8.32 Å². The number of carbonyl (C=O) groups excluding carboxylic acids is 1. The van der Waals surface area contributed by atoms with Gasteiger partial charge in [-0.25, -0.2) is 4.39 Å². The van der Waals surface area contributed by atoms with Crippen molar-refractivity contribution in [2.75, 3.05) is 6.61 Å². The molecule has 0 saturated heterocycles. The number of hydrogen-bond donors (Lipinski definition) is 0. The van der Waals surface area contributed by atoms with Crippen LogP contribution in [0.3, 0.4) is 0 Å². The zero-order valence-corrected chi connectivity index (χ0v) is 23.8. The molecule has 1 heterocycles. The summed E-state index contributed by atoms with van der Waals surface area (Å²) >= 11 is 0. The van der Waals surface area contributed by atoms with E-state index in [9.17, 15) is 9.18 Å². The number of rotatable bonds is 10. The average molecular weight is 515 g/mol. The molecule has 0 aliphatic carbocycles. The predicted molar refractivity (Wildman–Crippen MR) is 143 cm³/mol. The lowest BCUT2D eigenvalue weighted by Crippen LogP contribution is -2.40. The Morgan fingerprint density at radius 3 is 2.42 bits per heavy atom. The first kappa shape index (κ1) is 27.9. The summed E-state index contributed by atoms with van der Waals surface area (Å²) in [5.74, 6) is 0.871. The fourth-order valence-corrected chi connectivity index (χ4v) is 4.73. The van der Waals surface area contributed by atoms with Gasteiger partial charge in [0.25, 0.3) is 0 Å². The Bertz CT molecular complexity index is 1220. The topological polar surface area (TPSA) is 57.9 Å². The summed E-state index contributed by atoms with van der Waals surface area (Å²) in [6.07, 6.45) is 0.956. The molecular weight excluding hydrogens is 475 g/mol. The van der Waals surface area contributed by atoms with Crippen LogP contribution in [0.15, 0.2) is 34.7 Å². The quantitative estimate of drug-likeness (QED) is 0.204. The van der Waals surface area contributed by atoms with Gasteiger partial charge < -0.3 is 18.3 Å². The monoisotopic (exact) mass is 514 g/mol. The zero-order chi connectivity index (χ0) is 26.7. The van der Waals surface area contributed by atoms with Gasteiger partial charge in [-0.1, -0.05) is 26.8 Å². The van der Waals surface area contributed by atoms with Gasteiger partial charge in [-0.05, 0) is 86.3 Å². The van der Waals surface area contributed by atoms with Gasteiger partial charge >= 0.3 is 5.97 Å². The number of furan rings is 1. The first-order valence-electron chi connectivity index (χ1n) is 12.5. The van der Waals surface area contributed by atoms with Crippen molar-refractivity contribution in [3.8, 4) is 5.75 Å². The van der Waals surface area contributed by atoms with Crippen LogP contribution < -0.4 is 4.74 Å². The number of carbonyl (C=O) groups is 1. The number of benzene rings is 2. The summed E-state index contributed by atoms with van der Waals surface area (Å²) in [4.78, 5) is 11.7. The molecule has 0 amide bonds. The smallest absolute Gasteiger partial charge is 0.306 e. The lowest BCUT2D eigenvalue weighted by molar-refractivity contribution is -0.143. The van der Waals surface area contributed by atoms with E-state index in [-0.39, 0.29) is 23.4 Å². The van der Waals surface area contributed by atoms with E-state index in [0.29, 0.717) is 48.3 Å². The molecule has 0 atom stereocenters. The van der Waals surface area contributed by atoms with Crippen LogP contribution in [-0.4, -0.2) is 20.9 Å². The van der Waals surface area contributed by atoms with Crippen molar-refractivity contribution >= 4 is 25.3 Å². The minimum Gasteiger partial charge on any atom is -0.488 e. The highest BCUT2D eigenvalue weighted by molar-refractivity contribution is 6.74. The minimum atomic E-state index is -1.94. The predicted octanol–water partition coefficient (Wildman–Crippen LogP) is 7.79. The van der Waals surface area contributed by atoms with E-state index in [2.05, 4.69) is 33.9 Å². The van der Waals surface area contributed by atoms with E-state index in [1.165, 1.54) is 12.1 Å². The molecule has 0 spiro atoms. The molecule has 0 saturated carbocycles. The second kappa shape index (κ2) is 11.2. The molecule has 0 unspecified atom stereocenters. The Labute approximate surface area is 215 Å². The van der Waals surface area contributed by atoms with Gasteiger partial charge in [0.2, 0.25) is 0 Å². The van der Waals surface area contributed by atoms with Crippen molar-refractivity contribution in [2.45, 2.75) is 85.7 Å². The first-order chi connectivity index (χ1) is 16.8. The third-order valence-electron chi connectivity index (χ3n) is 7.23. The van der Waals surface area contributed by atoms with E-state index in [1.807, 2.05) is 32.0 Å². The average Bonchev–Trinajstić information content (AvgIpc) is 3.20. The summed E-state index contributed by atoms with van der Waals surface area (Å²) in [6.45, 7) is 17.7. The summed E-state index contributed by atoms with van der Waals surface area (Å²) in [5, 5.41) is 0.790. The molecule has 0 aliphatic rings. The van der Waals surface area contributed by atoms with Gasteiger partial charge in [0.1, 0.15) is 29.5 Å². The van der Waals surface area contributed by atoms with Crippen molar-refractivity contribution in [1.82, 2.24) is 0 Å². The number of hydrogen-bond acceptors (Lipinski definition) is 5. The number of halogens is 1. The Kier molecular flexibility index (Phi) is 8.67. The molecule has 2 aromatic carbocycles. The Morgan fingerprint density at radius 1 is 1.03 bits per heavy atom. The van der Waals surface area contributed by atoms with Crippen molar-refractivity contribution in [3.05, 3.63) is 64.2 Å². The van der Waals surface area contributed by atoms with Crippen LogP contribution in [-0.2, 0) is 33.6 Å². The molecule has 0 fully saturated rings. The molecule has 3 aromatic rings. The van der Waals surface area contributed by atoms with E-state index in [1.54, 1.807) is 6.92 Å². The van der Waals surface area contributed by atoms with Crippen LogP contribution in [0.25, 0.3) is 11.0 Å². The molecule has 196 valence electrons. The summed E-state index contributed by atoms with van der Waals surface area (Å²) in [5.41, 5.74) is 4.41. The van der Waals surface area contributed by atoms with Gasteiger partial charge in [-0.15, -0.1) is 0 Å². The number of aryl methyl sites for hydroxylation is 1. The largest absolute Gasteiger partial charge is 0.488 e. The Balaban J connectivity index is 1.75. The molecule has 0 N–H and O–H groups in total. The van der Waals surface area contributed by atoms with Crippen molar-refractivity contribution in [2.24, 2.45) is 0 Å². The SMILES string of the molecule is CCOC(=O)CCc1ccc(OCc2cc(F)cc3cc(CO[Si](C)(C)C(C)(C)C)oc23)c(C)c1C. The molecule has 0 aliphatic heterocycles. The fraction of sp³-hybridized carbons (Fsp3) is 0.483. The van der Waals surface area contributed by atoms with Gasteiger partial charge in [-0.3, -0.25) is 4.79 Å². The number of ether oxygens (including phenoxy) is 2. The van der Waals surface area contributed by atoms with Gasteiger partial charge in [0.05, 0.1) is 13.2 Å². The van der Waals surface area contributed by atoms with Crippen molar-refractivity contribution in [1.29, 1.82) is 0 Å². The number of fused-ring (bicyclic) bond motifs is 1. The Morgan fingerprint density at radius 2 is 1.75 bits per heavy atom. The van der Waals surface area contributed by atoms with Gasteiger partial charge in [0, 0.05) is 17.4 Å². The van der Waals surface area contributed by atoms with Crippen LogP contribution in [0.5, 0.6) is 5.75 Å². The maximum atomic E-state index is 14.4. The third kappa shape index (κ3) is 6.56. The zero-order valence-electron chi connectivity index (χ0n) is 22.8. The molecule has 7 heteroatoms. The molecule has 3 rings (SSSR count). The van der Waals surface area contributed by atoms with Crippen LogP contribution in [0.1, 0.15) is 62.1 Å². The third-order valence-corrected chi connectivity index (χ3v) is 11.7. The van der Waals surface area contributed by atoms with E-state index in [0.717, 1.165) is 22.4 Å². The normalized spacial score (nSPS) is 12.2. The maximum Gasteiger partial charge on any atom is 0.306 e. The van der Waals surface area contributed by atoms with Crippen LogP contribution >= 0.6 is 0 Å². The highest BCUT2D eigenvalue weighted by Gasteiger charge is 2.37. The van der Waals surface area contributed by atoms with Crippen LogP contribution in [0.2, 0.25) is 18.1 Å². The number of esters is 1. The maximum absolute atomic E-state index is 14.4. The highest BCUT2D eigenvalue weighted by atomic mass is 28.4. The summed E-state index contributed by atoms with van der Waals surface area (Å²) in [7, 11) is -1.94. The first-order valence-corrected chi connectivity index (χ1v) is 15.5. The van der Waals surface area contributed by atoms with Crippen molar-refractivity contribution in [3.63, 3.8) is 0 Å². The summed E-state index contributed by atoms with van der Waals surface area (Å²) in [6, 6.07) is 8.66. The minimum absolute atomic E-state index is 0.0917. The Hall–Kier alpha value is -2.64. The molecule has 5 nitrogen and oxygen atoms in total. The molecule has 0 radical (unpaired) electrons.